The van der Waals surface area contributed by atoms with E-state index in [0.717, 1.165) is 19.1 Å². The average Bonchev–Trinajstić information content (AvgIpc) is 1.52. The van der Waals surface area contributed by atoms with Crippen molar-refractivity contribution in [2.24, 2.45) is 17.6 Å². The highest BCUT2D eigenvalue weighted by molar-refractivity contribution is 4.87. The van der Waals surface area contributed by atoms with Crippen LogP contribution in [0.5, 0.6) is 0 Å². The Labute approximate surface area is 61.7 Å². The van der Waals surface area contributed by atoms with Crippen molar-refractivity contribution in [2.75, 3.05) is 13.2 Å². The van der Waals surface area contributed by atoms with Crippen LogP contribution in [0, 0.1) is 11.8 Å². The van der Waals surface area contributed by atoms with E-state index in [1.165, 1.54) is 19.3 Å². The van der Waals surface area contributed by atoms with E-state index >= 15 is 0 Å². The van der Waals surface area contributed by atoms with Gasteiger partial charge in [0.2, 0.25) is 0 Å². The molecule has 0 aromatic rings. The van der Waals surface area contributed by atoms with E-state index in [9.17, 15) is 0 Å². The van der Waals surface area contributed by atoms with Crippen LogP contribution in [0.25, 0.3) is 0 Å². The van der Waals surface area contributed by atoms with Crippen LogP contribution in [0.3, 0.4) is 0 Å². The molecule has 0 spiro atoms. The molecule has 2 N–H and O–H groups in total. The first kappa shape index (κ1) is 6.62. The second-order valence-electron chi connectivity index (χ2n) is 3.57. The van der Waals surface area contributed by atoms with Crippen LogP contribution < -0.4 is 5.73 Å². The Bertz CT molecular complexity index is 104. The molecule has 10 heavy (non-hydrogen) atoms. The van der Waals surface area contributed by atoms with Gasteiger partial charge in [0.15, 0.2) is 0 Å². The molecular weight excluding hydrogens is 126 g/mol. The standard InChI is InChI=1S/C8H15NO/c9-8(6-2-1-3-6)7-4-10-5-7/h6-8H,1-5,9H2. The lowest BCUT2D eigenvalue weighted by molar-refractivity contribution is -0.0583. The first-order valence-corrected chi connectivity index (χ1v) is 4.21. The van der Waals surface area contributed by atoms with Crippen LogP contribution in [-0.2, 0) is 4.74 Å². The molecule has 1 saturated heterocycles. The van der Waals surface area contributed by atoms with Crippen LogP contribution in [0.2, 0.25) is 0 Å². The highest BCUT2D eigenvalue weighted by atomic mass is 16.5. The summed E-state index contributed by atoms with van der Waals surface area (Å²) in [5.74, 6) is 1.51. The topological polar surface area (TPSA) is 35.2 Å². The summed E-state index contributed by atoms with van der Waals surface area (Å²) in [6, 6.07) is 0.447. The lowest BCUT2D eigenvalue weighted by atomic mass is 9.75. The maximum absolute atomic E-state index is 6.00. The third kappa shape index (κ3) is 0.956. The number of nitrogens with two attached hydrogens (primary N) is 1. The quantitative estimate of drug-likeness (QED) is 0.616. The van der Waals surface area contributed by atoms with Crippen molar-refractivity contribution in [1.82, 2.24) is 0 Å². The first-order chi connectivity index (χ1) is 4.88. The van der Waals surface area contributed by atoms with Crippen LogP contribution in [0.15, 0.2) is 0 Å². The third-order valence-electron chi connectivity index (χ3n) is 2.90. The largest absolute Gasteiger partial charge is 0.381 e. The summed E-state index contributed by atoms with van der Waals surface area (Å²) in [5.41, 5.74) is 6.00. The van der Waals surface area contributed by atoms with Gasteiger partial charge < -0.3 is 10.5 Å². The minimum Gasteiger partial charge on any atom is -0.381 e. The van der Waals surface area contributed by atoms with Crippen molar-refractivity contribution < 1.29 is 4.74 Å². The molecule has 1 aliphatic heterocycles. The zero-order chi connectivity index (χ0) is 6.97. The molecule has 2 nitrogen and oxygen atoms in total. The molecule has 58 valence electrons. The summed E-state index contributed by atoms with van der Waals surface area (Å²) in [5, 5.41) is 0. The van der Waals surface area contributed by atoms with Crippen molar-refractivity contribution >= 4 is 0 Å². The summed E-state index contributed by atoms with van der Waals surface area (Å²) in [6.45, 7) is 1.83. The Hall–Kier alpha value is -0.0800. The van der Waals surface area contributed by atoms with Gasteiger partial charge in [0.25, 0.3) is 0 Å². The summed E-state index contributed by atoms with van der Waals surface area (Å²) in [7, 11) is 0. The zero-order valence-electron chi connectivity index (χ0n) is 6.25. The Morgan fingerprint density at radius 3 is 2.20 bits per heavy atom. The molecule has 0 amide bonds. The van der Waals surface area contributed by atoms with Crippen molar-refractivity contribution in [3.63, 3.8) is 0 Å². The van der Waals surface area contributed by atoms with E-state index in [0.29, 0.717) is 12.0 Å². The maximum atomic E-state index is 6.00. The number of ether oxygens (including phenoxy) is 1. The molecule has 0 aromatic carbocycles. The molecule has 2 aliphatic rings. The number of rotatable bonds is 2. The summed E-state index contributed by atoms with van der Waals surface area (Å²) >= 11 is 0. The highest BCUT2D eigenvalue weighted by Crippen LogP contribution is 2.33. The van der Waals surface area contributed by atoms with Gasteiger partial charge in [0.05, 0.1) is 13.2 Å². The van der Waals surface area contributed by atoms with Gasteiger partial charge in [-0.1, -0.05) is 6.42 Å². The minimum atomic E-state index is 0.447. The molecule has 1 unspecified atom stereocenters. The van der Waals surface area contributed by atoms with Crippen molar-refractivity contribution in [1.29, 1.82) is 0 Å². The van der Waals surface area contributed by atoms with E-state index in [2.05, 4.69) is 0 Å². The predicted octanol–water partition coefficient (Wildman–Crippen LogP) is 0.760. The lowest BCUT2D eigenvalue weighted by Crippen LogP contribution is -2.49. The van der Waals surface area contributed by atoms with Gasteiger partial charge in [0, 0.05) is 12.0 Å². The lowest BCUT2D eigenvalue weighted by Gasteiger charge is -2.39. The summed E-state index contributed by atoms with van der Waals surface area (Å²) in [6.07, 6.45) is 4.11. The summed E-state index contributed by atoms with van der Waals surface area (Å²) < 4.78 is 5.09. The molecule has 0 radical (unpaired) electrons. The Balaban J connectivity index is 1.79. The average molecular weight is 141 g/mol. The molecule has 1 heterocycles. The predicted molar refractivity (Wildman–Crippen MR) is 39.6 cm³/mol. The Morgan fingerprint density at radius 2 is 1.90 bits per heavy atom. The highest BCUT2D eigenvalue weighted by Gasteiger charge is 2.34. The number of hydrogen-bond acceptors (Lipinski definition) is 2. The van der Waals surface area contributed by atoms with Crippen molar-refractivity contribution in [3.8, 4) is 0 Å². The van der Waals surface area contributed by atoms with Crippen LogP contribution in [0.1, 0.15) is 19.3 Å². The minimum absolute atomic E-state index is 0.447. The van der Waals surface area contributed by atoms with Gasteiger partial charge in [-0.25, -0.2) is 0 Å². The zero-order valence-corrected chi connectivity index (χ0v) is 6.25. The second kappa shape index (κ2) is 2.51. The molecule has 1 saturated carbocycles. The van der Waals surface area contributed by atoms with Gasteiger partial charge >= 0.3 is 0 Å². The number of hydrogen-bond donors (Lipinski definition) is 1. The molecule has 2 heteroatoms. The molecule has 1 aliphatic carbocycles. The molecule has 0 bridgehead atoms. The van der Waals surface area contributed by atoms with Gasteiger partial charge in [-0.05, 0) is 18.8 Å². The van der Waals surface area contributed by atoms with Gasteiger partial charge in [0.1, 0.15) is 0 Å². The monoisotopic (exact) mass is 141 g/mol. The SMILES string of the molecule is NC(C1CCC1)C1COC1. The van der Waals surface area contributed by atoms with Crippen molar-refractivity contribution in [3.05, 3.63) is 0 Å². The van der Waals surface area contributed by atoms with Crippen LogP contribution in [0.4, 0.5) is 0 Å². The Kier molecular flexibility index (Phi) is 1.66. The third-order valence-corrected chi connectivity index (χ3v) is 2.90. The van der Waals surface area contributed by atoms with Crippen LogP contribution >= 0.6 is 0 Å². The fraction of sp³-hybridized carbons (Fsp3) is 1.00. The van der Waals surface area contributed by atoms with E-state index in [4.69, 9.17) is 10.5 Å². The molecule has 2 fully saturated rings. The van der Waals surface area contributed by atoms with E-state index in [-0.39, 0.29) is 0 Å². The fourth-order valence-corrected chi connectivity index (χ4v) is 1.69. The van der Waals surface area contributed by atoms with E-state index in [1.54, 1.807) is 0 Å². The van der Waals surface area contributed by atoms with Crippen LogP contribution in [-0.4, -0.2) is 19.3 Å². The first-order valence-electron chi connectivity index (χ1n) is 4.21. The van der Waals surface area contributed by atoms with Gasteiger partial charge in [-0.3, -0.25) is 0 Å². The molecule has 2 rings (SSSR count). The molecular formula is C8H15NO. The Morgan fingerprint density at radius 1 is 1.20 bits per heavy atom. The van der Waals surface area contributed by atoms with Gasteiger partial charge in [-0.15, -0.1) is 0 Å². The van der Waals surface area contributed by atoms with Gasteiger partial charge in [-0.2, -0.15) is 0 Å². The van der Waals surface area contributed by atoms with E-state index < -0.39 is 0 Å². The molecule has 0 aromatic heterocycles. The summed E-state index contributed by atoms with van der Waals surface area (Å²) in [4.78, 5) is 0. The second-order valence-corrected chi connectivity index (χ2v) is 3.57. The van der Waals surface area contributed by atoms with Crippen molar-refractivity contribution in [2.45, 2.75) is 25.3 Å². The smallest absolute Gasteiger partial charge is 0.0531 e. The van der Waals surface area contributed by atoms with E-state index in [1.807, 2.05) is 0 Å². The fourth-order valence-electron chi connectivity index (χ4n) is 1.69. The molecule has 1 atom stereocenters. The normalized spacial score (nSPS) is 30.9. The maximum Gasteiger partial charge on any atom is 0.0531 e.